The molecule has 0 spiro atoms. The van der Waals surface area contributed by atoms with Crippen LogP contribution in [0.5, 0.6) is 0 Å². The third kappa shape index (κ3) is 2.46. The van der Waals surface area contributed by atoms with Crippen molar-refractivity contribution in [3.8, 4) is 0 Å². The minimum atomic E-state index is 0.691. The number of carbonyl (C=O) groups is 1. The van der Waals surface area contributed by atoms with Crippen LogP contribution in [0.25, 0.3) is 0 Å². The van der Waals surface area contributed by atoms with Crippen molar-refractivity contribution in [3.05, 3.63) is 47.8 Å². The molecule has 0 fully saturated rings. The highest BCUT2D eigenvalue weighted by Gasteiger charge is 2.03. The summed E-state index contributed by atoms with van der Waals surface area (Å²) in [6.07, 6.45) is 4.27. The lowest BCUT2D eigenvalue weighted by atomic mass is 10.2. The maximum Gasteiger partial charge on any atom is 0.192 e. The summed E-state index contributed by atoms with van der Waals surface area (Å²) in [7, 11) is 0. The van der Waals surface area contributed by atoms with Crippen LogP contribution in [-0.2, 0) is 0 Å². The average molecular weight is 230 g/mol. The topological polar surface area (TPSA) is 42.9 Å². The minimum Gasteiger partial charge on any atom is -0.298 e. The van der Waals surface area contributed by atoms with Crippen LogP contribution in [0.2, 0.25) is 0 Å². The van der Waals surface area contributed by atoms with Crippen molar-refractivity contribution in [2.24, 2.45) is 0 Å². The lowest BCUT2D eigenvalue weighted by Crippen LogP contribution is -1.87. The predicted octanol–water partition coefficient (Wildman–Crippen LogP) is 2.75. The Balaban J connectivity index is 2.25. The molecule has 0 amide bonds. The summed E-state index contributed by atoms with van der Waals surface area (Å²) >= 11 is 1.50. The number of hydrogen-bond donors (Lipinski definition) is 0. The van der Waals surface area contributed by atoms with Crippen molar-refractivity contribution in [3.63, 3.8) is 0 Å². The summed E-state index contributed by atoms with van der Waals surface area (Å²) in [5.74, 6) is 0. The Bertz CT molecular complexity index is 500. The van der Waals surface area contributed by atoms with Crippen LogP contribution < -0.4 is 0 Å². The molecule has 1 aromatic heterocycles. The van der Waals surface area contributed by atoms with Gasteiger partial charge >= 0.3 is 0 Å². The average Bonchev–Trinajstić information content (AvgIpc) is 2.33. The van der Waals surface area contributed by atoms with Crippen LogP contribution in [0.3, 0.4) is 0 Å². The van der Waals surface area contributed by atoms with Crippen molar-refractivity contribution in [1.82, 2.24) is 9.97 Å². The molecule has 4 heteroatoms. The summed E-state index contributed by atoms with van der Waals surface area (Å²) < 4.78 is 0. The first kappa shape index (κ1) is 10.8. The number of rotatable bonds is 3. The molecule has 0 atom stereocenters. The fourth-order valence-electron chi connectivity index (χ4n) is 1.30. The molecule has 2 rings (SSSR count). The Labute approximate surface area is 97.9 Å². The summed E-state index contributed by atoms with van der Waals surface area (Å²) in [5.41, 5.74) is 1.75. The Hall–Kier alpha value is -1.68. The lowest BCUT2D eigenvalue weighted by molar-refractivity contribution is 0.112. The molecular formula is C12H10N2OS. The van der Waals surface area contributed by atoms with Gasteiger partial charge in [-0.15, -0.1) is 0 Å². The van der Waals surface area contributed by atoms with Crippen LogP contribution in [0.4, 0.5) is 0 Å². The summed E-state index contributed by atoms with van der Waals surface area (Å²) in [4.78, 5) is 19.9. The first-order chi connectivity index (χ1) is 7.79. The van der Waals surface area contributed by atoms with E-state index in [0.717, 1.165) is 16.7 Å². The maximum absolute atomic E-state index is 10.6. The van der Waals surface area contributed by atoms with Gasteiger partial charge in [0.25, 0.3) is 0 Å². The van der Waals surface area contributed by atoms with Gasteiger partial charge in [0.2, 0.25) is 0 Å². The van der Waals surface area contributed by atoms with Crippen LogP contribution >= 0.6 is 11.8 Å². The number of aldehydes is 1. The zero-order valence-electron chi connectivity index (χ0n) is 8.75. The molecular weight excluding hydrogens is 220 g/mol. The maximum atomic E-state index is 10.6. The van der Waals surface area contributed by atoms with Gasteiger partial charge in [-0.25, -0.2) is 9.97 Å². The highest BCUT2D eigenvalue weighted by Crippen LogP contribution is 2.27. The van der Waals surface area contributed by atoms with Gasteiger partial charge in [0, 0.05) is 22.9 Å². The molecule has 16 heavy (non-hydrogen) atoms. The van der Waals surface area contributed by atoms with Crippen molar-refractivity contribution in [1.29, 1.82) is 0 Å². The number of aromatic nitrogens is 2. The number of aryl methyl sites for hydroxylation is 1. The largest absolute Gasteiger partial charge is 0.298 e. The smallest absolute Gasteiger partial charge is 0.192 e. The first-order valence-electron chi connectivity index (χ1n) is 4.80. The first-order valence-corrected chi connectivity index (χ1v) is 5.62. The molecule has 1 heterocycles. The van der Waals surface area contributed by atoms with Gasteiger partial charge in [0.15, 0.2) is 5.16 Å². The second-order valence-corrected chi connectivity index (χ2v) is 4.29. The zero-order valence-corrected chi connectivity index (χ0v) is 9.57. The Morgan fingerprint density at radius 3 is 2.62 bits per heavy atom. The van der Waals surface area contributed by atoms with E-state index >= 15 is 0 Å². The molecule has 3 nitrogen and oxygen atoms in total. The van der Waals surface area contributed by atoms with E-state index in [1.807, 2.05) is 19.1 Å². The van der Waals surface area contributed by atoms with E-state index in [1.165, 1.54) is 11.8 Å². The lowest BCUT2D eigenvalue weighted by Gasteiger charge is -2.04. The normalized spacial score (nSPS) is 10.1. The van der Waals surface area contributed by atoms with Crippen molar-refractivity contribution in [2.45, 2.75) is 17.0 Å². The monoisotopic (exact) mass is 230 g/mol. The van der Waals surface area contributed by atoms with E-state index in [-0.39, 0.29) is 0 Å². The van der Waals surface area contributed by atoms with E-state index in [2.05, 4.69) is 9.97 Å². The highest BCUT2D eigenvalue weighted by molar-refractivity contribution is 7.99. The molecule has 0 unspecified atom stereocenters. The number of nitrogens with zero attached hydrogens (tertiary/aromatic N) is 2. The van der Waals surface area contributed by atoms with Gasteiger partial charge in [0.1, 0.15) is 6.29 Å². The zero-order chi connectivity index (χ0) is 11.4. The highest BCUT2D eigenvalue weighted by atomic mass is 32.2. The minimum absolute atomic E-state index is 0.691. The predicted molar refractivity (Wildman–Crippen MR) is 62.7 cm³/mol. The molecule has 0 saturated carbocycles. The van der Waals surface area contributed by atoms with Crippen LogP contribution in [-0.4, -0.2) is 16.3 Å². The molecule has 0 bridgehead atoms. The van der Waals surface area contributed by atoms with E-state index in [9.17, 15) is 4.79 Å². The van der Waals surface area contributed by atoms with E-state index in [0.29, 0.717) is 10.7 Å². The number of benzene rings is 1. The number of carbonyl (C=O) groups excluding carboxylic acids is 1. The van der Waals surface area contributed by atoms with Gasteiger partial charge in [-0.1, -0.05) is 6.07 Å². The molecule has 0 saturated heterocycles. The molecule has 0 aliphatic rings. The molecule has 2 aromatic rings. The van der Waals surface area contributed by atoms with Crippen LogP contribution in [0, 0.1) is 6.92 Å². The summed E-state index contributed by atoms with van der Waals surface area (Å²) in [6, 6.07) is 7.36. The molecule has 0 radical (unpaired) electrons. The number of hydrogen-bond acceptors (Lipinski definition) is 4. The van der Waals surface area contributed by atoms with E-state index in [1.54, 1.807) is 24.5 Å². The standard InChI is InChI=1S/C12H10N2OS/c1-9-7-10(8-15)3-4-11(9)16-12-13-5-2-6-14-12/h2-8H,1H3. The quantitative estimate of drug-likeness (QED) is 0.600. The van der Waals surface area contributed by atoms with E-state index in [4.69, 9.17) is 0 Å². The van der Waals surface area contributed by atoms with Crippen LogP contribution in [0.1, 0.15) is 15.9 Å². The third-order valence-corrected chi connectivity index (χ3v) is 3.15. The van der Waals surface area contributed by atoms with Crippen molar-refractivity contribution < 1.29 is 4.79 Å². The molecule has 1 aromatic carbocycles. The molecule has 0 aliphatic carbocycles. The Morgan fingerprint density at radius 1 is 1.25 bits per heavy atom. The van der Waals surface area contributed by atoms with Gasteiger partial charge in [-0.05, 0) is 42.4 Å². The van der Waals surface area contributed by atoms with Gasteiger partial charge in [-0.3, -0.25) is 4.79 Å². The molecule has 80 valence electrons. The van der Waals surface area contributed by atoms with Crippen LogP contribution in [0.15, 0.2) is 46.7 Å². The van der Waals surface area contributed by atoms with Crippen molar-refractivity contribution >= 4 is 18.0 Å². The van der Waals surface area contributed by atoms with Crippen molar-refractivity contribution in [2.75, 3.05) is 0 Å². The Kier molecular flexibility index (Phi) is 3.31. The van der Waals surface area contributed by atoms with E-state index < -0.39 is 0 Å². The van der Waals surface area contributed by atoms with Gasteiger partial charge in [-0.2, -0.15) is 0 Å². The molecule has 0 N–H and O–H groups in total. The summed E-state index contributed by atoms with van der Waals surface area (Å²) in [6.45, 7) is 1.97. The second kappa shape index (κ2) is 4.90. The Morgan fingerprint density at radius 2 is 2.00 bits per heavy atom. The summed E-state index contributed by atoms with van der Waals surface area (Å²) in [5, 5.41) is 0.712. The molecule has 0 aliphatic heterocycles. The van der Waals surface area contributed by atoms with Gasteiger partial charge in [0.05, 0.1) is 0 Å². The fraction of sp³-hybridized carbons (Fsp3) is 0.0833. The van der Waals surface area contributed by atoms with Gasteiger partial charge < -0.3 is 0 Å². The fourth-order valence-corrected chi connectivity index (χ4v) is 2.08. The third-order valence-electron chi connectivity index (χ3n) is 2.08. The SMILES string of the molecule is Cc1cc(C=O)ccc1Sc1ncccn1. The second-order valence-electron chi connectivity index (χ2n) is 3.28.